The smallest absolute Gasteiger partial charge is 0.289 e. The van der Waals surface area contributed by atoms with Gasteiger partial charge in [0.25, 0.3) is 5.91 Å². The van der Waals surface area contributed by atoms with Crippen LogP contribution in [0.2, 0.25) is 0 Å². The van der Waals surface area contributed by atoms with Gasteiger partial charge in [0.15, 0.2) is 17.2 Å². The molecule has 3 aromatic rings. The predicted octanol–water partition coefficient (Wildman–Crippen LogP) is 3.49. The van der Waals surface area contributed by atoms with E-state index in [1.165, 1.54) is 19.1 Å². The van der Waals surface area contributed by atoms with Crippen molar-refractivity contribution in [3.63, 3.8) is 0 Å². The normalized spacial score (nSPS) is 15.0. The number of hydrogen-bond donors (Lipinski definition) is 0. The van der Waals surface area contributed by atoms with Gasteiger partial charge in [0.2, 0.25) is 0 Å². The van der Waals surface area contributed by atoms with Gasteiger partial charge in [-0.05, 0) is 24.6 Å². The van der Waals surface area contributed by atoms with Crippen LogP contribution in [-0.2, 0) is 0 Å². The molecule has 0 aromatic carbocycles. The highest BCUT2D eigenvalue weighted by atomic mass is 16.3. The monoisotopic (exact) mass is 379 g/mol. The van der Waals surface area contributed by atoms with Gasteiger partial charge in [-0.15, -0.1) is 0 Å². The molecule has 7 nitrogen and oxygen atoms in total. The van der Waals surface area contributed by atoms with Crippen LogP contribution in [0.15, 0.2) is 47.5 Å². The molecule has 4 heterocycles. The molecule has 146 valence electrons. The summed E-state index contributed by atoms with van der Waals surface area (Å²) in [6.07, 6.45) is 15.0. The number of amides is 1. The summed E-state index contributed by atoms with van der Waals surface area (Å²) < 4.78 is 7.31. The first kappa shape index (κ1) is 18.3. The summed E-state index contributed by atoms with van der Waals surface area (Å²) in [7, 11) is 0. The van der Waals surface area contributed by atoms with Crippen molar-refractivity contribution in [3.05, 3.63) is 54.5 Å². The molecule has 0 radical (unpaired) electrons. The van der Waals surface area contributed by atoms with Crippen LogP contribution in [0.4, 0.5) is 5.82 Å². The molecule has 1 aliphatic heterocycles. The molecule has 0 aliphatic carbocycles. The van der Waals surface area contributed by atoms with E-state index in [0.29, 0.717) is 31.9 Å². The van der Waals surface area contributed by atoms with E-state index >= 15 is 0 Å². The molecular formula is C21H25N5O2. The van der Waals surface area contributed by atoms with Crippen molar-refractivity contribution in [1.82, 2.24) is 19.3 Å². The first-order valence-corrected chi connectivity index (χ1v) is 9.84. The zero-order valence-corrected chi connectivity index (χ0v) is 16.1. The van der Waals surface area contributed by atoms with E-state index in [0.717, 1.165) is 23.6 Å². The van der Waals surface area contributed by atoms with E-state index in [2.05, 4.69) is 38.3 Å². The van der Waals surface area contributed by atoms with Crippen LogP contribution < -0.4 is 4.90 Å². The number of furan rings is 1. The SMILES string of the molecule is CCCC/C=C\c1cnc2c(N3CCN(C(=O)c4ccco4)CC3)nccn12. The summed E-state index contributed by atoms with van der Waals surface area (Å²) in [5.41, 5.74) is 1.91. The van der Waals surface area contributed by atoms with Crippen molar-refractivity contribution in [1.29, 1.82) is 0 Å². The van der Waals surface area contributed by atoms with Crippen LogP contribution in [0, 0.1) is 0 Å². The van der Waals surface area contributed by atoms with E-state index < -0.39 is 0 Å². The second kappa shape index (κ2) is 8.29. The van der Waals surface area contributed by atoms with Gasteiger partial charge < -0.3 is 14.2 Å². The molecule has 1 aliphatic rings. The molecule has 0 atom stereocenters. The molecule has 3 aromatic heterocycles. The van der Waals surface area contributed by atoms with Crippen molar-refractivity contribution >= 4 is 23.4 Å². The number of aromatic nitrogens is 3. The Balaban J connectivity index is 1.47. The highest BCUT2D eigenvalue weighted by Crippen LogP contribution is 2.21. The van der Waals surface area contributed by atoms with Crippen molar-refractivity contribution in [2.45, 2.75) is 26.2 Å². The standard InChI is InChI=1S/C21H25N5O2/c1-2-3-4-5-7-17-16-23-20-19(22-9-10-26(17)20)24-11-13-25(14-12-24)21(27)18-8-6-15-28-18/h5-10,15-16H,2-4,11-14H2,1H3/b7-5-. The number of allylic oxidation sites excluding steroid dienone is 1. The molecule has 28 heavy (non-hydrogen) atoms. The van der Waals surface area contributed by atoms with Crippen LogP contribution in [-0.4, -0.2) is 51.4 Å². The van der Waals surface area contributed by atoms with E-state index in [1.807, 2.05) is 23.5 Å². The maximum Gasteiger partial charge on any atom is 0.289 e. The maximum atomic E-state index is 12.4. The van der Waals surface area contributed by atoms with Gasteiger partial charge in [0.1, 0.15) is 0 Å². The highest BCUT2D eigenvalue weighted by Gasteiger charge is 2.25. The van der Waals surface area contributed by atoms with Crippen LogP contribution in [0.3, 0.4) is 0 Å². The van der Waals surface area contributed by atoms with Gasteiger partial charge in [-0.25, -0.2) is 9.97 Å². The molecule has 0 spiro atoms. The Morgan fingerprint density at radius 3 is 2.86 bits per heavy atom. The Morgan fingerprint density at radius 1 is 1.25 bits per heavy atom. The molecule has 0 unspecified atom stereocenters. The summed E-state index contributed by atoms with van der Waals surface area (Å²) in [4.78, 5) is 25.6. The van der Waals surface area contributed by atoms with Crippen LogP contribution in [0.25, 0.3) is 11.7 Å². The van der Waals surface area contributed by atoms with Crippen molar-refractivity contribution < 1.29 is 9.21 Å². The van der Waals surface area contributed by atoms with Gasteiger partial charge in [-0.2, -0.15) is 0 Å². The van der Waals surface area contributed by atoms with E-state index in [-0.39, 0.29) is 5.91 Å². The quantitative estimate of drug-likeness (QED) is 0.614. The largest absolute Gasteiger partial charge is 0.459 e. The number of piperazine rings is 1. The second-order valence-electron chi connectivity index (χ2n) is 6.93. The lowest BCUT2D eigenvalue weighted by molar-refractivity contribution is 0.0714. The van der Waals surface area contributed by atoms with Crippen LogP contribution in [0.5, 0.6) is 0 Å². The highest BCUT2D eigenvalue weighted by molar-refractivity contribution is 5.91. The fraction of sp³-hybridized carbons (Fsp3) is 0.381. The van der Waals surface area contributed by atoms with Gasteiger partial charge >= 0.3 is 0 Å². The molecule has 0 bridgehead atoms. The number of anilines is 1. The van der Waals surface area contributed by atoms with Crippen molar-refractivity contribution in [2.24, 2.45) is 0 Å². The third-order valence-electron chi connectivity index (χ3n) is 5.05. The predicted molar refractivity (Wildman–Crippen MR) is 108 cm³/mol. The first-order valence-electron chi connectivity index (χ1n) is 9.84. The van der Waals surface area contributed by atoms with E-state index in [4.69, 9.17) is 4.42 Å². The average molecular weight is 379 g/mol. The number of hydrogen-bond acceptors (Lipinski definition) is 5. The molecular weight excluding hydrogens is 354 g/mol. The number of nitrogens with zero attached hydrogens (tertiary/aromatic N) is 5. The fourth-order valence-electron chi connectivity index (χ4n) is 3.47. The third-order valence-corrected chi connectivity index (χ3v) is 5.05. The fourth-order valence-corrected chi connectivity index (χ4v) is 3.47. The van der Waals surface area contributed by atoms with Gasteiger partial charge in [0, 0.05) is 38.6 Å². The second-order valence-corrected chi connectivity index (χ2v) is 6.93. The Morgan fingerprint density at radius 2 is 2.11 bits per heavy atom. The number of fused-ring (bicyclic) bond motifs is 1. The maximum absolute atomic E-state index is 12.4. The zero-order valence-electron chi connectivity index (χ0n) is 16.1. The number of unbranched alkanes of at least 4 members (excludes halogenated alkanes) is 2. The summed E-state index contributed by atoms with van der Waals surface area (Å²) in [6.45, 7) is 4.89. The minimum atomic E-state index is -0.0591. The minimum Gasteiger partial charge on any atom is -0.459 e. The van der Waals surface area contributed by atoms with Gasteiger partial charge in [0.05, 0.1) is 18.2 Å². The summed E-state index contributed by atoms with van der Waals surface area (Å²) in [5.74, 6) is 1.19. The Bertz CT molecular complexity index is 953. The number of carbonyl (C=O) groups is 1. The first-order chi connectivity index (χ1) is 13.8. The molecule has 1 fully saturated rings. The van der Waals surface area contributed by atoms with E-state index in [1.54, 1.807) is 12.1 Å². The van der Waals surface area contributed by atoms with Gasteiger partial charge in [-0.3, -0.25) is 9.20 Å². The van der Waals surface area contributed by atoms with Gasteiger partial charge in [-0.1, -0.05) is 25.8 Å². The Kier molecular flexibility index (Phi) is 5.41. The van der Waals surface area contributed by atoms with Crippen molar-refractivity contribution in [2.75, 3.05) is 31.1 Å². The minimum absolute atomic E-state index is 0.0591. The van der Waals surface area contributed by atoms with Crippen molar-refractivity contribution in [3.8, 4) is 0 Å². The topological polar surface area (TPSA) is 66.9 Å². The Labute approximate surface area is 164 Å². The zero-order chi connectivity index (χ0) is 19.3. The average Bonchev–Trinajstić information content (AvgIpc) is 3.41. The van der Waals surface area contributed by atoms with Crippen LogP contribution in [0.1, 0.15) is 42.4 Å². The lowest BCUT2D eigenvalue weighted by atomic mass is 10.2. The lowest BCUT2D eigenvalue weighted by Crippen LogP contribution is -2.49. The number of carbonyl (C=O) groups excluding carboxylic acids is 1. The molecule has 1 saturated heterocycles. The summed E-state index contributed by atoms with van der Waals surface area (Å²) in [6, 6.07) is 3.44. The molecule has 7 heteroatoms. The summed E-state index contributed by atoms with van der Waals surface area (Å²) in [5, 5.41) is 0. The molecule has 0 N–H and O–H groups in total. The lowest BCUT2D eigenvalue weighted by Gasteiger charge is -2.35. The molecule has 1 amide bonds. The number of imidazole rings is 1. The number of rotatable bonds is 6. The van der Waals surface area contributed by atoms with E-state index in [9.17, 15) is 4.79 Å². The molecule has 0 saturated carbocycles. The third kappa shape index (κ3) is 3.65. The van der Waals surface area contributed by atoms with Crippen LogP contribution >= 0.6 is 0 Å². The molecule has 4 rings (SSSR count). The Hall–Kier alpha value is -3.09. The summed E-state index contributed by atoms with van der Waals surface area (Å²) >= 11 is 0.